The minimum absolute atomic E-state index is 0.0445. The summed E-state index contributed by atoms with van der Waals surface area (Å²) in [6, 6.07) is 17.1. The van der Waals surface area contributed by atoms with Gasteiger partial charge >= 0.3 is 5.97 Å². The zero-order chi connectivity index (χ0) is 36.1. The lowest BCUT2D eigenvalue weighted by Gasteiger charge is -2.12. The number of pyridine rings is 1. The Morgan fingerprint density at radius 3 is 2.22 bits per heavy atom. The summed E-state index contributed by atoms with van der Waals surface area (Å²) in [5.74, 6) is -1.23. The third-order valence-electron chi connectivity index (χ3n) is 7.56. The van der Waals surface area contributed by atoms with E-state index in [1.807, 2.05) is 36.4 Å². The second-order valence-corrected chi connectivity index (χ2v) is 12.9. The van der Waals surface area contributed by atoms with Gasteiger partial charge in [-0.15, -0.1) is 5.06 Å². The van der Waals surface area contributed by atoms with E-state index in [-0.39, 0.29) is 51.3 Å². The van der Waals surface area contributed by atoms with Crippen LogP contribution in [0.2, 0.25) is 0 Å². The Balaban J connectivity index is 0.996. The standard InChI is InChI=1S/C34H39N3O13S/c38-31-10-11-32(39)37(31)50-33(40)12-15-44-17-19-46-21-22-47-20-18-45-16-13-36-28-5-2-1-4-25(28)6-9-29(36)34-35-27-8-7-26(24-30(27)49-34)48-14-3-23-51(41,42)43/h1-2,4-9,24H,3,10-23H2/p+1. The van der Waals surface area contributed by atoms with Crippen LogP contribution in [0.4, 0.5) is 0 Å². The summed E-state index contributed by atoms with van der Waals surface area (Å²) in [5.41, 5.74) is 2.89. The fraction of sp³-hybridized carbons (Fsp3) is 0.441. The number of hydrogen-bond acceptors (Lipinski definition) is 13. The Morgan fingerprint density at radius 1 is 0.843 bits per heavy atom. The lowest BCUT2D eigenvalue weighted by molar-refractivity contribution is -0.663. The largest absolute Gasteiger partial charge is 0.493 e. The zero-order valence-corrected chi connectivity index (χ0v) is 28.7. The molecule has 2 amide bonds. The molecule has 1 N–H and O–H groups in total. The van der Waals surface area contributed by atoms with Crippen molar-refractivity contribution in [3.05, 3.63) is 54.6 Å². The van der Waals surface area contributed by atoms with E-state index in [2.05, 4.69) is 9.55 Å². The molecular formula is C34H40N3O13S+. The molecule has 0 bridgehead atoms. The predicted octanol–water partition coefficient (Wildman–Crippen LogP) is 2.66. The van der Waals surface area contributed by atoms with E-state index in [9.17, 15) is 22.8 Å². The molecular weight excluding hydrogens is 690 g/mol. The van der Waals surface area contributed by atoms with Crippen LogP contribution in [-0.4, -0.2) is 106 Å². The maximum absolute atomic E-state index is 11.7. The van der Waals surface area contributed by atoms with Crippen LogP contribution in [0.1, 0.15) is 25.7 Å². The summed E-state index contributed by atoms with van der Waals surface area (Å²) in [4.78, 5) is 44.1. The Bertz CT molecular complexity index is 1900. The molecule has 0 atom stereocenters. The highest BCUT2D eigenvalue weighted by Crippen LogP contribution is 2.27. The molecule has 1 fully saturated rings. The number of amides is 2. The first-order valence-electron chi connectivity index (χ1n) is 16.5. The second kappa shape index (κ2) is 18.6. The van der Waals surface area contributed by atoms with Gasteiger partial charge in [-0.2, -0.15) is 13.0 Å². The lowest BCUT2D eigenvalue weighted by Crippen LogP contribution is -2.39. The number of carbonyl (C=O) groups is 3. The topological polar surface area (TPSA) is 194 Å². The number of benzene rings is 2. The lowest BCUT2D eigenvalue weighted by atomic mass is 10.2. The van der Waals surface area contributed by atoms with Crippen LogP contribution < -0.4 is 9.30 Å². The van der Waals surface area contributed by atoms with Crippen molar-refractivity contribution in [3.63, 3.8) is 0 Å². The summed E-state index contributed by atoms with van der Waals surface area (Å²) >= 11 is 0. The maximum Gasteiger partial charge on any atom is 0.335 e. The average molecular weight is 731 g/mol. The van der Waals surface area contributed by atoms with Crippen molar-refractivity contribution in [2.24, 2.45) is 0 Å². The van der Waals surface area contributed by atoms with Crippen LogP contribution in [0.3, 0.4) is 0 Å². The van der Waals surface area contributed by atoms with Crippen molar-refractivity contribution in [1.82, 2.24) is 10.0 Å². The SMILES string of the molecule is O=C(CCOCCOCCOCCOCC[n+]1c(-c2nc3ccc(OCCCS(=O)(=O)O)cc3o2)ccc2ccccc21)ON1C(=O)CCC1=O. The molecule has 1 aliphatic rings. The van der Waals surface area contributed by atoms with E-state index < -0.39 is 27.9 Å². The number of nitrogens with zero attached hydrogens (tertiary/aromatic N) is 3. The van der Waals surface area contributed by atoms with Crippen LogP contribution in [-0.2, 0) is 54.8 Å². The van der Waals surface area contributed by atoms with Gasteiger partial charge in [-0.3, -0.25) is 14.1 Å². The smallest absolute Gasteiger partial charge is 0.335 e. The molecule has 2 aromatic heterocycles. The van der Waals surface area contributed by atoms with Crippen LogP contribution in [0, 0.1) is 0 Å². The number of fused-ring (bicyclic) bond motifs is 2. The van der Waals surface area contributed by atoms with Crippen molar-refractivity contribution in [2.45, 2.75) is 32.2 Å². The number of rotatable bonds is 22. The molecule has 1 saturated heterocycles. The quantitative estimate of drug-likeness (QED) is 0.0537. The van der Waals surface area contributed by atoms with E-state index in [1.165, 1.54) is 0 Å². The highest BCUT2D eigenvalue weighted by molar-refractivity contribution is 7.85. The Labute approximate surface area is 293 Å². The monoisotopic (exact) mass is 730 g/mol. The first-order valence-corrected chi connectivity index (χ1v) is 18.1. The van der Waals surface area contributed by atoms with Crippen molar-refractivity contribution in [1.29, 1.82) is 0 Å². The fourth-order valence-electron chi connectivity index (χ4n) is 5.10. The van der Waals surface area contributed by atoms with Gasteiger partial charge < -0.3 is 32.9 Å². The van der Waals surface area contributed by atoms with Crippen LogP contribution in [0.25, 0.3) is 33.6 Å². The van der Waals surface area contributed by atoms with Gasteiger partial charge in [-0.25, -0.2) is 9.78 Å². The highest BCUT2D eigenvalue weighted by atomic mass is 32.2. The van der Waals surface area contributed by atoms with E-state index in [0.717, 1.165) is 16.6 Å². The third-order valence-corrected chi connectivity index (χ3v) is 8.36. The van der Waals surface area contributed by atoms with Gasteiger partial charge in [0.25, 0.3) is 33.5 Å². The molecule has 16 nitrogen and oxygen atoms in total. The van der Waals surface area contributed by atoms with Crippen molar-refractivity contribution in [2.75, 3.05) is 65.2 Å². The Hall–Kier alpha value is -4.52. The number of oxazole rings is 1. The minimum Gasteiger partial charge on any atom is -0.493 e. The van der Waals surface area contributed by atoms with Gasteiger partial charge in [-0.1, -0.05) is 12.1 Å². The molecule has 2 aromatic carbocycles. The van der Waals surface area contributed by atoms with E-state index >= 15 is 0 Å². The summed E-state index contributed by atoms with van der Waals surface area (Å²) in [7, 11) is -4.04. The molecule has 4 aromatic rings. The molecule has 0 spiro atoms. The first-order chi connectivity index (χ1) is 24.7. The molecule has 51 heavy (non-hydrogen) atoms. The summed E-state index contributed by atoms with van der Waals surface area (Å²) in [6.07, 6.45) is 0.142. The number of ether oxygens (including phenoxy) is 5. The highest BCUT2D eigenvalue weighted by Gasteiger charge is 2.32. The molecule has 3 heterocycles. The van der Waals surface area contributed by atoms with Crippen molar-refractivity contribution in [3.8, 4) is 17.3 Å². The van der Waals surface area contributed by atoms with Gasteiger partial charge in [-0.05, 0) is 30.7 Å². The average Bonchev–Trinajstić information content (AvgIpc) is 3.67. The molecule has 0 aliphatic carbocycles. The van der Waals surface area contributed by atoms with Crippen LogP contribution in [0.5, 0.6) is 5.75 Å². The minimum atomic E-state index is -4.04. The third kappa shape index (κ3) is 11.5. The fourth-order valence-corrected chi connectivity index (χ4v) is 5.59. The molecule has 5 rings (SSSR count). The van der Waals surface area contributed by atoms with Gasteiger partial charge in [0.05, 0.1) is 65.0 Å². The van der Waals surface area contributed by atoms with E-state index in [1.54, 1.807) is 18.2 Å². The number of hydrogen-bond donors (Lipinski definition) is 1. The van der Waals surface area contributed by atoms with Crippen molar-refractivity contribution >= 4 is 49.9 Å². The number of para-hydroxylation sites is 1. The van der Waals surface area contributed by atoms with Crippen molar-refractivity contribution < 1.29 is 64.9 Å². The number of aromatic nitrogens is 2. The molecule has 0 saturated carbocycles. The van der Waals surface area contributed by atoms with Crippen LogP contribution in [0.15, 0.2) is 59.0 Å². The number of imide groups is 1. The molecule has 1 aliphatic heterocycles. The molecule has 0 radical (unpaired) electrons. The summed E-state index contributed by atoms with van der Waals surface area (Å²) in [6.45, 7) is 3.15. The summed E-state index contributed by atoms with van der Waals surface area (Å²) < 4.78 is 66.9. The molecule has 17 heteroatoms. The van der Waals surface area contributed by atoms with Gasteiger partial charge in [0.15, 0.2) is 12.1 Å². The first kappa shape index (κ1) is 37.7. The number of hydroxylamine groups is 2. The molecule has 274 valence electrons. The Kier molecular flexibility index (Phi) is 13.8. The van der Waals surface area contributed by atoms with E-state index in [4.69, 9.17) is 37.5 Å². The zero-order valence-electron chi connectivity index (χ0n) is 27.9. The van der Waals surface area contributed by atoms with Gasteiger partial charge in [0, 0.05) is 36.4 Å². The maximum atomic E-state index is 11.7. The second-order valence-electron chi connectivity index (χ2n) is 11.3. The van der Waals surface area contributed by atoms with Gasteiger partial charge in [0.2, 0.25) is 5.52 Å². The molecule has 0 unspecified atom stereocenters. The van der Waals surface area contributed by atoms with Crippen LogP contribution >= 0.6 is 0 Å². The Morgan fingerprint density at radius 2 is 1.51 bits per heavy atom. The number of carbonyl (C=O) groups excluding carboxylic acids is 3. The predicted molar refractivity (Wildman–Crippen MR) is 179 cm³/mol. The normalized spacial score (nSPS) is 13.5. The van der Waals surface area contributed by atoms with Gasteiger partial charge in [0.1, 0.15) is 17.9 Å². The summed E-state index contributed by atoms with van der Waals surface area (Å²) in [5, 5.41) is 1.56. The van der Waals surface area contributed by atoms with E-state index in [0.29, 0.717) is 74.0 Å².